The molecule has 0 unspecified atom stereocenters. The van der Waals surface area contributed by atoms with Crippen LogP contribution in [0, 0.1) is 0 Å². The van der Waals surface area contributed by atoms with Crippen molar-refractivity contribution in [3.63, 3.8) is 0 Å². The Morgan fingerprint density at radius 3 is 2.06 bits per heavy atom. The summed E-state index contributed by atoms with van der Waals surface area (Å²) in [5.41, 5.74) is 4.77. The van der Waals surface area contributed by atoms with Gasteiger partial charge in [0.05, 0.1) is 5.69 Å². The summed E-state index contributed by atoms with van der Waals surface area (Å²) in [6.45, 7) is 4.32. The Kier molecular flexibility index (Phi) is 6.05. The van der Waals surface area contributed by atoms with Gasteiger partial charge in [-0.2, -0.15) is 0 Å². The van der Waals surface area contributed by atoms with E-state index >= 15 is 0 Å². The molecular formula is C26H22N2O2S. The minimum absolute atomic E-state index is 0.0689. The maximum absolute atomic E-state index is 12.6. The zero-order chi connectivity index (χ0) is 21.8. The molecule has 31 heavy (non-hydrogen) atoms. The van der Waals surface area contributed by atoms with Crippen LogP contribution in [-0.4, -0.2) is 16.7 Å². The van der Waals surface area contributed by atoms with Gasteiger partial charge in [0.2, 0.25) is 0 Å². The minimum Gasteiger partial charge on any atom is -0.298 e. The molecule has 1 heterocycles. The number of hydrogen-bond acceptors (Lipinski definition) is 4. The molecule has 0 atom stereocenters. The van der Waals surface area contributed by atoms with Crippen LogP contribution >= 0.6 is 11.3 Å². The minimum atomic E-state index is -0.255. The Balaban J connectivity index is 1.43. The molecule has 5 heteroatoms. The van der Waals surface area contributed by atoms with E-state index in [1.54, 1.807) is 36.4 Å². The quantitative estimate of drug-likeness (QED) is 0.362. The molecule has 4 aromatic rings. The van der Waals surface area contributed by atoms with Crippen molar-refractivity contribution in [3.05, 3.63) is 106 Å². The second kappa shape index (κ2) is 9.06. The first-order chi connectivity index (χ1) is 15.0. The highest BCUT2D eigenvalue weighted by atomic mass is 32.1. The molecule has 4 rings (SSSR count). The summed E-state index contributed by atoms with van der Waals surface area (Å²) in [6, 6.07) is 24.1. The fourth-order valence-corrected chi connectivity index (χ4v) is 3.92. The maximum Gasteiger partial charge on any atom is 0.257 e. The normalized spacial score (nSPS) is 10.8. The average molecular weight is 427 g/mol. The van der Waals surface area contributed by atoms with Gasteiger partial charge in [0.15, 0.2) is 10.9 Å². The van der Waals surface area contributed by atoms with Crippen molar-refractivity contribution in [2.45, 2.75) is 19.8 Å². The van der Waals surface area contributed by atoms with Gasteiger partial charge >= 0.3 is 0 Å². The van der Waals surface area contributed by atoms with Crippen LogP contribution in [0.25, 0.3) is 11.3 Å². The van der Waals surface area contributed by atoms with Crippen LogP contribution in [0.1, 0.15) is 51.6 Å². The van der Waals surface area contributed by atoms with Crippen LogP contribution in [0.5, 0.6) is 0 Å². The van der Waals surface area contributed by atoms with E-state index in [9.17, 15) is 9.59 Å². The third-order valence-corrected chi connectivity index (χ3v) is 5.80. The van der Waals surface area contributed by atoms with Crippen molar-refractivity contribution < 1.29 is 9.59 Å². The molecule has 1 amide bonds. The summed E-state index contributed by atoms with van der Waals surface area (Å²) in [5, 5.41) is 5.31. The Morgan fingerprint density at radius 2 is 1.42 bits per heavy atom. The zero-order valence-corrected chi connectivity index (χ0v) is 18.1. The predicted octanol–water partition coefficient (Wildman–Crippen LogP) is 6.42. The number of carbonyl (C=O) groups is 2. The third-order valence-electron chi connectivity index (χ3n) is 5.04. The SMILES string of the molecule is CC(C)c1ccc(-c2csc(NC(=O)c3ccc(C(=O)c4ccccc4)cc3)n2)cc1. The molecule has 4 nitrogen and oxygen atoms in total. The Morgan fingerprint density at radius 1 is 0.806 bits per heavy atom. The van der Waals surface area contributed by atoms with Gasteiger partial charge < -0.3 is 0 Å². The van der Waals surface area contributed by atoms with Gasteiger partial charge in [-0.3, -0.25) is 14.9 Å². The number of nitrogens with zero attached hydrogens (tertiary/aromatic N) is 1. The Hall–Kier alpha value is -3.57. The molecule has 154 valence electrons. The molecule has 0 radical (unpaired) electrons. The number of aromatic nitrogens is 1. The number of hydrogen-bond donors (Lipinski definition) is 1. The molecule has 0 aliphatic heterocycles. The fraction of sp³-hybridized carbons (Fsp3) is 0.115. The Bertz CT molecular complexity index is 1190. The van der Waals surface area contributed by atoms with Gasteiger partial charge in [0, 0.05) is 27.6 Å². The monoisotopic (exact) mass is 426 g/mol. The van der Waals surface area contributed by atoms with Crippen LogP contribution in [0.3, 0.4) is 0 Å². The van der Waals surface area contributed by atoms with Crippen LogP contribution in [-0.2, 0) is 0 Å². The maximum atomic E-state index is 12.6. The van der Waals surface area contributed by atoms with E-state index in [4.69, 9.17) is 0 Å². The van der Waals surface area contributed by atoms with Crippen LogP contribution < -0.4 is 5.32 Å². The highest BCUT2D eigenvalue weighted by molar-refractivity contribution is 7.14. The fourth-order valence-electron chi connectivity index (χ4n) is 3.20. The van der Waals surface area contributed by atoms with Gasteiger partial charge in [0.1, 0.15) is 0 Å². The van der Waals surface area contributed by atoms with Gasteiger partial charge in [-0.05, 0) is 23.6 Å². The van der Waals surface area contributed by atoms with E-state index in [-0.39, 0.29) is 11.7 Å². The lowest BCUT2D eigenvalue weighted by Crippen LogP contribution is -2.12. The number of thiazole rings is 1. The summed E-state index contributed by atoms with van der Waals surface area (Å²) in [4.78, 5) is 29.6. The van der Waals surface area contributed by atoms with Crippen LogP contribution in [0.2, 0.25) is 0 Å². The van der Waals surface area contributed by atoms with Crippen LogP contribution in [0.15, 0.2) is 84.2 Å². The second-order valence-corrected chi connectivity index (χ2v) is 8.40. The second-order valence-electron chi connectivity index (χ2n) is 7.54. The number of nitrogens with one attached hydrogen (secondary N) is 1. The zero-order valence-electron chi connectivity index (χ0n) is 17.3. The largest absolute Gasteiger partial charge is 0.298 e. The Labute approximate surface area is 185 Å². The van der Waals surface area contributed by atoms with Crippen molar-refractivity contribution >= 4 is 28.2 Å². The number of amides is 1. The van der Waals surface area contributed by atoms with E-state index < -0.39 is 0 Å². The van der Waals surface area contributed by atoms with Crippen molar-refractivity contribution in [2.75, 3.05) is 5.32 Å². The van der Waals surface area contributed by atoms with Gasteiger partial charge in [0.25, 0.3) is 5.91 Å². The summed E-state index contributed by atoms with van der Waals surface area (Å²) < 4.78 is 0. The summed E-state index contributed by atoms with van der Waals surface area (Å²) in [5.74, 6) is 0.157. The van der Waals surface area contributed by atoms with Crippen molar-refractivity contribution in [1.29, 1.82) is 0 Å². The molecule has 0 spiro atoms. The first kappa shape index (κ1) is 20.7. The number of carbonyl (C=O) groups excluding carboxylic acids is 2. The molecule has 0 aliphatic rings. The molecule has 0 fully saturated rings. The predicted molar refractivity (Wildman–Crippen MR) is 126 cm³/mol. The van der Waals surface area contributed by atoms with Crippen molar-refractivity contribution in [3.8, 4) is 11.3 Å². The third kappa shape index (κ3) is 4.78. The number of ketones is 1. The summed E-state index contributed by atoms with van der Waals surface area (Å²) >= 11 is 1.39. The summed E-state index contributed by atoms with van der Waals surface area (Å²) in [6.07, 6.45) is 0. The highest BCUT2D eigenvalue weighted by Gasteiger charge is 2.13. The standard InChI is InChI=1S/C26H22N2O2S/c1-17(2)18-8-10-19(11-9-18)23-16-31-26(27-23)28-25(30)22-14-12-21(13-15-22)24(29)20-6-4-3-5-7-20/h3-17H,1-2H3,(H,27,28,30). The molecule has 1 N–H and O–H groups in total. The average Bonchev–Trinajstić information content (AvgIpc) is 3.27. The number of rotatable bonds is 6. The van der Waals surface area contributed by atoms with Crippen molar-refractivity contribution in [1.82, 2.24) is 4.98 Å². The van der Waals surface area contributed by atoms with E-state index in [1.165, 1.54) is 16.9 Å². The molecule has 3 aromatic carbocycles. The molecule has 0 saturated heterocycles. The number of benzene rings is 3. The lowest BCUT2D eigenvalue weighted by Gasteiger charge is -2.05. The molecule has 0 aliphatic carbocycles. The van der Waals surface area contributed by atoms with E-state index in [0.29, 0.717) is 27.7 Å². The first-order valence-electron chi connectivity index (χ1n) is 10.1. The molecular weight excluding hydrogens is 404 g/mol. The van der Waals surface area contributed by atoms with Crippen LogP contribution in [0.4, 0.5) is 5.13 Å². The lowest BCUT2D eigenvalue weighted by atomic mass is 10.0. The van der Waals surface area contributed by atoms with Gasteiger partial charge in [-0.1, -0.05) is 80.6 Å². The highest BCUT2D eigenvalue weighted by Crippen LogP contribution is 2.27. The number of anilines is 1. The smallest absolute Gasteiger partial charge is 0.257 e. The first-order valence-corrected chi connectivity index (χ1v) is 11.0. The topological polar surface area (TPSA) is 59.1 Å². The molecule has 0 bridgehead atoms. The summed E-state index contributed by atoms with van der Waals surface area (Å²) in [7, 11) is 0. The lowest BCUT2D eigenvalue weighted by molar-refractivity contribution is 0.102. The molecule has 0 saturated carbocycles. The van der Waals surface area contributed by atoms with E-state index in [1.807, 2.05) is 23.6 Å². The van der Waals surface area contributed by atoms with E-state index in [0.717, 1.165) is 11.3 Å². The van der Waals surface area contributed by atoms with Gasteiger partial charge in [-0.15, -0.1) is 11.3 Å². The van der Waals surface area contributed by atoms with E-state index in [2.05, 4.69) is 48.4 Å². The van der Waals surface area contributed by atoms with Crippen molar-refractivity contribution in [2.24, 2.45) is 0 Å². The molecule has 1 aromatic heterocycles. The van der Waals surface area contributed by atoms with Gasteiger partial charge in [-0.25, -0.2) is 4.98 Å².